The average molecular weight is 283 g/mol. The maximum absolute atomic E-state index is 12.2. The molecule has 2 aliphatic rings. The number of likely N-dealkylation sites (tertiary alicyclic amines) is 2. The molecule has 2 aliphatic heterocycles. The van der Waals surface area contributed by atoms with Gasteiger partial charge in [0, 0.05) is 32.1 Å². The number of hydrogen-bond acceptors (Lipinski definition) is 4. The molecule has 0 aromatic carbocycles. The van der Waals surface area contributed by atoms with Gasteiger partial charge in [-0.15, -0.1) is 0 Å². The zero-order chi connectivity index (χ0) is 14.2. The fourth-order valence-corrected chi connectivity index (χ4v) is 3.09. The second-order valence-electron chi connectivity index (χ2n) is 6.10. The van der Waals surface area contributed by atoms with Crippen molar-refractivity contribution in [3.8, 4) is 0 Å². The van der Waals surface area contributed by atoms with Crippen LogP contribution in [0.25, 0.3) is 0 Å². The summed E-state index contributed by atoms with van der Waals surface area (Å²) in [4.78, 5) is 28.4. The molecule has 5 nitrogen and oxygen atoms in total. The molecule has 2 amide bonds. The van der Waals surface area contributed by atoms with E-state index in [2.05, 4.69) is 4.90 Å². The number of carbonyl (C=O) groups excluding carboxylic acids is 2. The fraction of sp³-hybridized carbons (Fsp3) is 0.769. The van der Waals surface area contributed by atoms with Crippen LogP contribution < -0.4 is 5.73 Å². The highest BCUT2D eigenvalue weighted by atomic mass is 32.1. The highest BCUT2D eigenvalue weighted by Crippen LogP contribution is 2.34. The molecule has 2 fully saturated rings. The first-order chi connectivity index (χ1) is 8.81. The van der Waals surface area contributed by atoms with Crippen molar-refractivity contribution in [3.05, 3.63) is 0 Å². The number of nitrogens with zero attached hydrogens (tertiary/aromatic N) is 2. The van der Waals surface area contributed by atoms with Gasteiger partial charge in [-0.2, -0.15) is 0 Å². The van der Waals surface area contributed by atoms with E-state index in [-0.39, 0.29) is 17.9 Å². The van der Waals surface area contributed by atoms with Gasteiger partial charge in [0.2, 0.25) is 11.8 Å². The maximum atomic E-state index is 12.2. The molecule has 2 saturated heterocycles. The molecule has 0 atom stereocenters. The lowest BCUT2D eigenvalue weighted by Crippen LogP contribution is -2.49. The second-order valence-corrected chi connectivity index (χ2v) is 6.63. The van der Waals surface area contributed by atoms with Gasteiger partial charge in [-0.1, -0.05) is 26.1 Å². The summed E-state index contributed by atoms with van der Waals surface area (Å²) in [5.74, 6) is -0.0481. The van der Waals surface area contributed by atoms with Crippen LogP contribution in [0.2, 0.25) is 0 Å². The van der Waals surface area contributed by atoms with E-state index in [1.165, 1.54) is 4.90 Å². The number of rotatable bonds is 3. The van der Waals surface area contributed by atoms with E-state index >= 15 is 0 Å². The number of hydrogen-bond donors (Lipinski definition) is 1. The van der Waals surface area contributed by atoms with E-state index in [1.54, 1.807) is 0 Å². The zero-order valence-electron chi connectivity index (χ0n) is 11.5. The van der Waals surface area contributed by atoms with Gasteiger partial charge >= 0.3 is 0 Å². The number of nitrogens with two attached hydrogens (primary N) is 1. The first-order valence-electron chi connectivity index (χ1n) is 6.68. The van der Waals surface area contributed by atoms with Gasteiger partial charge in [0.1, 0.15) is 0 Å². The van der Waals surface area contributed by atoms with Gasteiger partial charge in [-0.05, 0) is 12.8 Å². The van der Waals surface area contributed by atoms with Gasteiger partial charge in [-0.25, -0.2) is 0 Å². The van der Waals surface area contributed by atoms with E-state index < -0.39 is 5.41 Å². The van der Waals surface area contributed by atoms with Crippen LogP contribution >= 0.6 is 12.2 Å². The zero-order valence-corrected chi connectivity index (χ0v) is 12.3. The minimum atomic E-state index is -0.535. The Morgan fingerprint density at radius 1 is 1.37 bits per heavy atom. The highest BCUT2D eigenvalue weighted by molar-refractivity contribution is 7.80. The summed E-state index contributed by atoms with van der Waals surface area (Å²) in [5.41, 5.74) is 5.00. The van der Waals surface area contributed by atoms with Gasteiger partial charge in [-0.3, -0.25) is 19.4 Å². The van der Waals surface area contributed by atoms with E-state index in [9.17, 15) is 9.59 Å². The molecular weight excluding hydrogens is 262 g/mol. The minimum absolute atomic E-state index is 0.0229. The predicted octanol–water partition coefficient (Wildman–Crippen LogP) is 0.522. The number of carbonyl (C=O) groups is 2. The fourth-order valence-electron chi connectivity index (χ4n) is 2.90. The van der Waals surface area contributed by atoms with Crippen LogP contribution in [0, 0.1) is 5.41 Å². The van der Waals surface area contributed by atoms with Gasteiger partial charge in [0.15, 0.2) is 0 Å². The molecule has 0 aromatic heterocycles. The lowest BCUT2D eigenvalue weighted by atomic mass is 9.92. The lowest BCUT2D eigenvalue weighted by molar-refractivity contribution is -0.144. The Hall–Kier alpha value is -1.01. The summed E-state index contributed by atoms with van der Waals surface area (Å²) in [5, 5.41) is 0. The van der Waals surface area contributed by atoms with Crippen LogP contribution in [0.3, 0.4) is 0 Å². The topological polar surface area (TPSA) is 66.6 Å². The average Bonchev–Trinajstić information content (AvgIpc) is 2.49. The van der Waals surface area contributed by atoms with Crippen molar-refractivity contribution in [1.29, 1.82) is 0 Å². The summed E-state index contributed by atoms with van der Waals surface area (Å²) in [6.45, 7) is 5.97. The second kappa shape index (κ2) is 5.17. The van der Waals surface area contributed by atoms with Crippen LogP contribution in [-0.2, 0) is 9.59 Å². The number of piperidine rings is 1. The standard InChI is InChI=1S/C13H21N3O2S/c1-13(2)7-11(17)16(12(13)18)9-3-5-15(6-4-9)8-10(14)19/h9H,3-8H2,1-2H3,(H2,14,19). The Morgan fingerprint density at radius 3 is 2.37 bits per heavy atom. The Balaban J connectivity index is 1.97. The van der Waals surface area contributed by atoms with Crippen molar-refractivity contribution in [3.63, 3.8) is 0 Å². The first kappa shape index (κ1) is 14.4. The van der Waals surface area contributed by atoms with Crippen LogP contribution in [0.15, 0.2) is 0 Å². The number of imide groups is 1. The summed E-state index contributed by atoms with van der Waals surface area (Å²) < 4.78 is 0. The molecule has 2 heterocycles. The van der Waals surface area contributed by atoms with E-state index in [4.69, 9.17) is 18.0 Å². The number of thiocarbonyl (C=S) groups is 1. The summed E-state index contributed by atoms with van der Waals surface area (Å²) in [7, 11) is 0. The van der Waals surface area contributed by atoms with Crippen molar-refractivity contribution < 1.29 is 9.59 Å². The van der Waals surface area contributed by atoms with Crippen LogP contribution in [-0.4, -0.2) is 52.3 Å². The summed E-state index contributed by atoms with van der Waals surface area (Å²) >= 11 is 4.90. The minimum Gasteiger partial charge on any atom is -0.392 e. The first-order valence-corrected chi connectivity index (χ1v) is 7.09. The smallest absolute Gasteiger partial charge is 0.235 e. The van der Waals surface area contributed by atoms with Crippen LogP contribution in [0.1, 0.15) is 33.1 Å². The molecule has 0 unspecified atom stereocenters. The Bertz CT molecular complexity index is 414. The molecule has 2 rings (SSSR count). The third-order valence-corrected chi connectivity index (χ3v) is 4.09. The lowest BCUT2D eigenvalue weighted by Gasteiger charge is -2.36. The van der Waals surface area contributed by atoms with Gasteiger partial charge in [0.05, 0.1) is 10.4 Å². The quantitative estimate of drug-likeness (QED) is 0.604. The molecule has 0 spiro atoms. The van der Waals surface area contributed by atoms with E-state index in [1.807, 2.05) is 13.8 Å². The van der Waals surface area contributed by atoms with Crippen molar-refractivity contribution in [2.24, 2.45) is 11.1 Å². The molecular formula is C13H21N3O2S. The molecule has 0 aliphatic carbocycles. The van der Waals surface area contributed by atoms with E-state index in [0.717, 1.165) is 25.9 Å². The summed E-state index contributed by atoms with van der Waals surface area (Å²) in [6.07, 6.45) is 1.96. The van der Waals surface area contributed by atoms with Crippen LogP contribution in [0.4, 0.5) is 0 Å². The molecule has 6 heteroatoms. The van der Waals surface area contributed by atoms with Crippen LogP contribution in [0.5, 0.6) is 0 Å². The number of amides is 2. The Labute approximate surface area is 119 Å². The largest absolute Gasteiger partial charge is 0.392 e. The SMILES string of the molecule is CC1(C)CC(=O)N(C2CCN(CC(N)=S)CC2)C1=O. The molecule has 19 heavy (non-hydrogen) atoms. The predicted molar refractivity (Wildman–Crippen MR) is 76.5 cm³/mol. The normalized spacial score (nSPS) is 25.1. The van der Waals surface area contributed by atoms with Crippen molar-refractivity contribution in [1.82, 2.24) is 9.80 Å². The Morgan fingerprint density at radius 2 is 1.95 bits per heavy atom. The maximum Gasteiger partial charge on any atom is 0.235 e. The van der Waals surface area contributed by atoms with Crippen molar-refractivity contribution >= 4 is 29.0 Å². The molecule has 106 valence electrons. The van der Waals surface area contributed by atoms with Crippen molar-refractivity contribution in [2.75, 3.05) is 19.6 Å². The Kier molecular flexibility index (Phi) is 3.92. The molecule has 0 aromatic rings. The molecule has 2 N–H and O–H groups in total. The summed E-state index contributed by atoms with van der Waals surface area (Å²) in [6, 6.07) is 0.0457. The van der Waals surface area contributed by atoms with E-state index in [0.29, 0.717) is 18.0 Å². The molecule has 0 bridgehead atoms. The third kappa shape index (κ3) is 2.95. The van der Waals surface area contributed by atoms with Gasteiger partial charge < -0.3 is 5.73 Å². The monoisotopic (exact) mass is 283 g/mol. The molecule has 0 saturated carbocycles. The van der Waals surface area contributed by atoms with Crippen molar-refractivity contribution in [2.45, 2.75) is 39.2 Å². The van der Waals surface area contributed by atoms with Gasteiger partial charge in [0.25, 0.3) is 0 Å². The highest BCUT2D eigenvalue weighted by Gasteiger charge is 2.47. The third-order valence-electron chi connectivity index (χ3n) is 3.96. The molecule has 0 radical (unpaired) electrons.